The minimum atomic E-state index is -3.64. The molecule has 1 aromatic heterocycles. The molecule has 0 aliphatic rings. The molecule has 2 aromatic carbocycles. The maximum Gasteiger partial charge on any atom is 0.281 e. The number of anilines is 1. The molecule has 1 heterocycles. The van der Waals surface area contributed by atoms with Gasteiger partial charge in [-0.2, -0.15) is 22.1 Å². The zero-order valence-corrected chi connectivity index (χ0v) is 17.1. The third-order valence-corrected chi connectivity index (χ3v) is 6.02. The van der Waals surface area contributed by atoms with Crippen molar-refractivity contribution in [2.24, 2.45) is 0 Å². The number of hydrogen-bond donors (Lipinski definition) is 2. The van der Waals surface area contributed by atoms with Crippen LogP contribution in [0.2, 0.25) is 0 Å². The smallest absolute Gasteiger partial charge is 0.281 e. The lowest BCUT2D eigenvalue weighted by atomic mass is 10.2. The number of aromatic amines is 1. The van der Waals surface area contributed by atoms with Gasteiger partial charge in [0.2, 0.25) is 5.91 Å². The van der Waals surface area contributed by atoms with E-state index < -0.39 is 16.1 Å². The molecular formula is C19H22N6O3S. The van der Waals surface area contributed by atoms with Crippen molar-refractivity contribution in [3.8, 4) is 22.8 Å². The quantitative estimate of drug-likeness (QED) is 0.613. The van der Waals surface area contributed by atoms with Crippen LogP contribution in [-0.2, 0) is 15.0 Å². The summed E-state index contributed by atoms with van der Waals surface area (Å²) < 4.78 is 26.0. The first-order valence-corrected chi connectivity index (χ1v) is 10.2. The van der Waals surface area contributed by atoms with Gasteiger partial charge < -0.3 is 5.32 Å². The molecule has 0 aliphatic heterocycles. The van der Waals surface area contributed by atoms with Gasteiger partial charge in [0, 0.05) is 38.0 Å². The summed E-state index contributed by atoms with van der Waals surface area (Å²) in [6, 6.07) is 16.7. The van der Waals surface area contributed by atoms with Crippen LogP contribution in [0.15, 0.2) is 54.6 Å². The molecule has 0 saturated carbocycles. The average Bonchev–Trinajstić information content (AvgIpc) is 3.19. The minimum Gasteiger partial charge on any atom is -0.325 e. The van der Waals surface area contributed by atoms with Crippen molar-refractivity contribution in [1.29, 1.82) is 0 Å². The van der Waals surface area contributed by atoms with Gasteiger partial charge in [-0.15, -0.1) is 0 Å². The van der Waals surface area contributed by atoms with E-state index in [-0.39, 0.29) is 6.54 Å². The Labute approximate surface area is 169 Å². The second kappa shape index (κ2) is 8.52. The highest BCUT2D eigenvalue weighted by molar-refractivity contribution is 7.86. The van der Waals surface area contributed by atoms with Crippen molar-refractivity contribution in [1.82, 2.24) is 23.8 Å². The molecule has 0 saturated heterocycles. The summed E-state index contributed by atoms with van der Waals surface area (Å²) in [5.74, 6) is 0.776. The van der Waals surface area contributed by atoms with Gasteiger partial charge in [-0.1, -0.05) is 30.3 Å². The van der Waals surface area contributed by atoms with Gasteiger partial charge in [0.25, 0.3) is 10.2 Å². The van der Waals surface area contributed by atoms with Crippen LogP contribution in [0.25, 0.3) is 22.8 Å². The number of nitrogens with zero attached hydrogens (tertiary/aromatic N) is 4. The molecule has 9 nitrogen and oxygen atoms in total. The molecule has 0 unspecified atom stereocenters. The highest BCUT2D eigenvalue weighted by Crippen LogP contribution is 2.21. The van der Waals surface area contributed by atoms with E-state index >= 15 is 0 Å². The van der Waals surface area contributed by atoms with Gasteiger partial charge >= 0.3 is 0 Å². The van der Waals surface area contributed by atoms with Crippen molar-refractivity contribution in [3.63, 3.8) is 0 Å². The largest absolute Gasteiger partial charge is 0.325 e. The number of amides is 1. The fourth-order valence-electron chi connectivity index (χ4n) is 2.58. The Kier molecular flexibility index (Phi) is 6.06. The van der Waals surface area contributed by atoms with E-state index in [9.17, 15) is 13.2 Å². The molecule has 3 rings (SSSR count). The van der Waals surface area contributed by atoms with Crippen LogP contribution in [-0.4, -0.2) is 65.8 Å². The molecule has 0 bridgehead atoms. The fraction of sp³-hybridized carbons (Fsp3) is 0.211. The van der Waals surface area contributed by atoms with E-state index in [1.54, 1.807) is 24.3 Å². The standard InChI is InChI=1S/C19H22N6O3S/c1-24(2)29(27,28)25(3)13-17(26)20-16-11-9-15(10-12-16)19-21-18(22-23-19)14-7-5-4-6-8-14/h4-12H,13H2,1-3H3,(H,20,26)(H,21,22,23). The van der Waals surface area contributed by atoms with E-state index in [0.717, 1.165) is 19.7 Å². The number of nitrogens with one attached hydrogen (secondary N) is 2. The first kappa shape index (κ1) is 20.6. The fourth-order valence-corrected chi connectivity index (χ4v) is 3.42. The van der Waals surface area contributed by atoms with Crippen LogP contribution < -0.4 is 5.32 Å². The third-order valence-electron chi connectivity index (χ3n) is 4.18. The van der Waals surface area contributed by atoms with Crippen molar-refractivity contribution in [3.05, 3.63) is 54.6 Å². The number of benzene rings is 2. The van der Waals surface area contributed by atoms with Gasteiger partial charge in [-0.3, -0.25) is 9.89 Å². The molecule has 29 heavy (non-hydrogen) atoms. The summed E-state index contributed by atoms with van der Waals surface area (Å²) in [5, 5.41) is 9.82. The van der Waals surface area contributed by atoms with Crippen LogP contribution in [0.5, 0.6) is 0 Å². The van der Waals surface area contributed by atoms with Crippen molar-refractivity contribution >= 4 is 21.8 Å². The molecular weight excluding hydrogens is 392 g/mol. The lowest BCUT2D eigenvalue weighted by Gasteiger charge is -2.20. The van der Waals surface area contributed by atoms with E-state index in [1.807, 2.05) is 30.3 Å². The Hall–Kier alpha value is -3.08. The number of rotatable bonds is 7. The van der Waals surface area contributed by atoms with Crippen LogP contribution in [0.4, 0.5) is 5.69 Å². The van der Waals surface area contributed by atoms with Gasteiger partial charge in [-0.05, 0) is 24.3 Å². The Balaban J connectivity index is 1.65. The molecule has 2 N–H and O–H groups in total. The number of H-pyrrole nitrogens is 1. The maximum atomic E-state index is 12.1. The predicted octanol–water partition coefficient (Wildman–Crippen LogP) is 1.82. The monoisotopic (exact) mass is 414 g/mol. The van der Waals surface area contributed by atoms with Gasteiger partial charge in [0.05, 0.1) is 6.54 Å². The van der Waals surface area contributed by atoms with Crippen LogP contribution in [0.1, 0.15) is 0 Å². The van der Waals surface area contributed by atoms with Crippen LogP contribution in [0, 0.1) is 0 Å². The molecule has 0 spiro atoms. The van der Waals surface area contributed by atoms with Crippen molar-refractivity contribution in [2.45, 2.75) is 0 Å². The second-order valence-electron chi connectivity index (χ2n) is 6.55. The van der Waals surface area contributed by atoms with Crippen LogP contribution >= 0.6 is 0 Å². The SMILES string of the molecule is CN(C)S(=O)(=O)N(C)CC(=O)Nc1ccc(-c2nc(-c3ccccc3)n[nH]2)cc1. The normalized spacial score (nSPS) is 11.8. The zero-order chi connectivity index (χ0) is 21.0. The Morgan fingerprint density at radius 3 is 2.28 bits per heavy atom. The molecule has 152 valence electrons. The number of carbonyl (C=O) groups excluding carboxylic acids is 1. The van der Waals surface area contributed by atoms with Crippen LogP contribution in [0.3, 0.4) is 0 Å². The topological polar surface area (TPSA) is 111 Å². The van der Waals surface area contributed by atoms with E-state index in [4.69, 9.17) is 0 Å². The Bertz CT molecular complexity index is 1080. The van der Waals surface area contributed by atoms with E-state index in [0.29, 0.717) is 17.3 Å². The molecule has 3 aromatic rings. The van der Waals surface area contributed by atoms with Gasteiger partial charge in [-0.25, -0.2) is 4.98 Å². The minimum absolute atomic E-state index is 0.287. The average molecular weight is 414 g/mol. The van der Waals surface area contributed by atoms with E-state index in [2.05, 4.69) is 20.5 Å². The van der Waals surface area contributed by atoms with Crippen molar-refractivity contribution < 1.29 is 13.2 Å². The molecule has 1 amide bonds. The zero-order valence-electron chi connectivity index (χ0n) is 16.3. The van der Waals surface area contributed by atoms with Gasteiger partial charge in [0.15, 0.2) is 11.6 Å². The summed E-state index contributed by atoms with van der Waals surface area (Å²) in [6.07, 6.45) is 0. The van der Waals surface area contributed by atoms with Gasteiger partial charge in [0.1, 0.15) is 0 Å². The lowest BCUT2D eigenvalue weighted by Crippen LogP contribution is -2.41. The Morgan fingerprint density at radius 1 is 1.00 bits per heavy atom. The number of carbonyl (C=O) groups is 1. The highest BCUT2D eigenvalue weighted by atomic mass is 32.2. The summed E-state index contributed by atoms with van der Waals surface area (Å²) in [4.78, 5) is 16.6. The first-order chi connectivity index (χ1) is 13.8. The number of hydrogen-bond acceptors (Lipinski definition) is 5. The maximum absolute atomic E-state index is 12.1. The second-order valence-corrected chi connectivity index (χ2v) is 8.79. The molecule has 10 heteroatoms. The molecule has 0 fully saturated rings. The highest BCUT2D eigenvalue weighted by Gasteiger charge is 2.22. The molecule has 0 atom stereocenters. The molecule has 0 aliphatic carbocycles. The molecule has 0 radical (unpaired) electrons. The number of likely N-dealkylation sites (N-methyl/N-ethyl adjacent to an activating group) is 1. The van der Waals surface area contributed by atoms with Crippen molar-refractivity contribution in [2.75, 3.05) is 33.0 Å². The summed E-state index contributed by atoms with van der Waals surface area (Å²) >= 11 is 0. The predicted molar refractivity (Wildman–Crippen MR) is 111 cm³/mol. The summed E-state index contributed by atoms with van der Waals surface area (Å²) in [7, 11) is 0.536. The summed E-state index contributed by atoms with van der Waals surface area (Å²) in [5.41, 5.74) is 2.28. The van der Waals surface area contributed by atoms with E-state index in [1.165, 1.54) is 21.1 Å². The lowest BCUT2D eigenvalue weighted by molar-refractivity contribution is -0.116. The first-order valence-electron chi connectivity index (χ1n) is 8.79. The summed E-state index contributed by atoms with van der Waals surface area (Å²) in [6.45, 7) is -0.287. The third kappa shape index (κ3) is 4.86. The Morgan fingerprint density at radius 2 is 1.66 bits per heavy atom. The number of aromatic nitrogens is 3.